The first-order valence-corrected chi connectivity index (χ1v) is 5.43. The van der Waals surface area contributed by atoms with E-state index in [2.05, 4.69) is 0 Å². The highest BCUT2D eigenvalue weighted by molar-refractivity contribution is 6.33. The van der Waals surface area contributed by atoms with Crippen molar-refractivity contribution in [2.45, 2.75) is 6.42 Å². The van der Waals surface area contributed by atoms with E-state index in [9.17, 15) is 4.79 Å². The summed E-state index contributed by atoms with van der Waals surface area (Å²) in [4.78, 5) is 11.7. The largest absolute Gasteiger partial charge is 0.461 e. The van der Waals surface area contributed by atoms with Crippen molar-refractivity contribution in [3.63, 3.8) is 0 Å². The summed E-state index contributed by atoms with van der Waals surface area (Å²) in [5.41, 5.74) is 0.704. The van der Waals surface area contributed by atoms with Crippen LogP contribution in [0.25, 0.3) is 0 Å². The Labute approximate surface area is 103 Å². The van der Waals surface area contributed by atoms with Gasteiger partial charge in [0.2, 0.25) is 5.78 Å². The van der Waals surface area contributed by atoms with Crippen molar-refractivity contribution in [1.29, 1.82) is 0 Å². The molecular formula is C12H8Cl2O2. The molecule has 0 unspecified atom stereocenters. The minimum atomic E-state index is -0.117. The van der Waals surface area contributed by atoms with Crippen molar-refractivity contribution >= 4 is 29.0 Å². The first-order chi connectivity index (χ1) is 7.66. The molecule has 0 saturated carbocycles. The first-order valence-electron chi connectivity index (χ1n) is 4.67. The minimum absolute atomic E-state index is 0.117. The molecule has 82 valence electrons. The molecule has 2 nitrogen and oxygen atoms in total. The number of hydrogen-bond donors (Lipinski definition) is 0. The fourth-order valence-corrected chi connectivity index (χ4v) is 1.76. The van der Waals surface area contributed by atoms with E-state index < -0.39 is 0 Å². The maximum atomic E-state index is 11.7. The Hall–Kier alpha value is -1.25. The van der Waals surface area contributed by atoms with Crippen molar-refractivity contribution in [1.82, 2.24) is 0 Å². The quantitative estimate of drug-likeness (QED) is 0.775. The van der Waals surface area contributed by atoms with E-state index in [4.69, 9.17) is 27.6 Å². The molecule has 4 heteroatoms. The number of carbonyl (C=O) groups excluding carboxylic acids is 1. The van der Waals surface area contributed by atoms with Crippen LogP contribution in [0.4, 0.5) is 0 Å². The van der Waals surface area contributed by atoms with Gasteiger partial charge in [0.15, 0.2) is 5.76 Å². The Morgan fingerprint density at radius 1 is 1.25 bits per heavy atom. The topological polar surface area (TPSA) is 30.2 Å². The van der Waals surface area contributed by atoms with Crippen LogP contribution in [0.2, 0.25) is 10.0 Å². The lowest BCUT2D eigenvalue weighted by Gasteiger charge is -2.02. The Morgan fingerprint density at radius 3 is 2.75 bits per heavy atom. The molecule has 0 radical (unpaired) electrons. The molecule has 0 N–H and O–H groups in total. The smallest absolute Gasteiger partial charge is 0.202 e. The molecule has 16 heavy (non-hydrogen) atoms. The van der Waals surface area contributed by atoms with Crippen molar-refractivity contribution < 1.29 is 9.21 Å². The van der Waals surface area contributed by atoms with Crippen LogP contribution in [0, 0.1) is 0 Å². The maximum Gasteiger partial charge on any atom is 0.202 e. The molecule has 0 fully saturated rings. The summed E-state index contributed by atoms with van der Waals surface area (Å²) in [6.07, 6.45) is 1.65. The van der Waals surface area contributed by atoms with Crippen LogP contribution < -0.4 is 0 Å². The SMILES string of the molecule is O=C(Cc1cc(Cl)ccc1Cl)c1ccco1. The summed E-state index contributed by atoms with van der Waals surface area (Å²) >= 11 is 11.8. The average Bonchev–Trinajstić information content (AvgIpc) is 2.76. The Morgan fingerprint density at radius 2 is 2.06 bits per heavy atom. The lowest BCUT2D eigenvalue weighted by molar-refractivity contribution is 0.0966. The summed E-state index contributed by atoms with van der Waals surface area (Å²) < 4.78 is 5.01. The Bertz CT molecular complexity index is 504. The molecule has 0 amide bonds. The summed E-state index contributed by atoms with van der Waals surface area (Å²) in [5, 5.41) is 1.09. The molecule has 0 aliphatic carbocycles. The third-order valence-corrected chi connectivity index (χ3v) is 2.76. The number of hydrogen-bond acceptors (Lipinski definition) is 2. The van der Waals surface area contributed by atoms with Crippen LogP contribution >= 0.6 is 23.2 Å². The maximum absolute atomic E-state index is 11.7. The predicted molar refractivity (Wildman–Crippen MR) is 63.2 cm³/mol. The highest BCUT2D eigenvalue weighted by Crippen LogP contribution is 2.22. The Balaban J connectivity index is 2.21. The fraction of sp³-hybridized carbons (Fsp3) is 0.0833. The van der Waals surface area contributed by atoms with E-state index in [1.54, 1.807) is 30.3 Å². The van der Waals surface area contributed by atoms with Crippen LogP contribution in [0.3, 0.4) is 0 Å². The normalized spacial score (nSPS) is 10.4. The summed E-state index contributed by atoms with van der Waals surface area (Å²) in [7, 11) is 0. The monoisotopic (exact) mass is 254 g/mol. The lowest BCUT2D eigenvalue weighted by atomic mass is 10.1. The number of benzene rings is 1. The standard InChI is InChI=1S/C12H8Cl2O2/c13-9-3-4-10(14)8(6-9)7-11(15)12-2-1-5-16-12/h1-6H,7H2. The van der Waals surface area contributed by atoms with Crippen molar-refractivity contribution in [2.75, 3.05) is 0 Å². The van der Waals surface area contributed by atoms with Gasteiger partial charge in [-0.25, -0.2) is 0 Å². The van der Waals surface area contributed by atoms with Crippen molar-refractivity contribution in [3.8, 4) is 0 Å². The number of carbonyl (C=O) groups is 1. The van der Waals surface area contributed by atoms with Gasteiger partial charge in [0.05, 0.1) is 6.26 Å². The van der Waals surface area contributed by atoms with Gasteiger partial charge in [-0.15, -0.1) is 0 Å². The molecule has 0 aliphatic heterocycles. The van der Waals surface area contributed by atoms with Gasteiger partial charge < -0.3 is 4.42 Å². The number of furan rings is 1. The molecule has 0 aliphatic rings. The highest BCUT2D eigenvalue weighted by atomic mass is 35.5. The summed E-state index contributed by atoms with van der Waals surface area (Å²) in [6, 6.07) is 8.34. The van der Waals surface area contributed by atoms with Gasteiger partial charge in [0.1, 0.15) is 0 Å². The van der Waals surface area contributed by atoms with Gasteiger partial charge in [-0.1, -0.05) is 23.2 Å². The average molecular weight is 255 g/mol. The van der Waals surface area contributed by atoms with E-state index in [0.717, 1.165) is 0 Å². The third kappa shape index (κ3) is 2.46. The van der Waals surface area contributed by atoms with Gasteiger partial charge >= 0.3 is 0 Å². The Kier molecular flexibility index (Phi) is 3.32. The van der Waals surface area contributed by atoms with Crippen LogP contribution in [0.1, 0.15) is 16.1 Å². The molecule has 1 heterocycles. The second-order valence-electron chi connectivity index (χ2n) is 3.31. The lowest BCUT2D eigenvalue weighted by Crippen LogP contribution is -2.02. The molecule has 0 bridgehead atoms. The number of rotatable bonds is 3. The molecule has 0 atom stereocenters. The van der Waals surface area contributed by atoms with Gasteiger partial charge in [0, 0.05) is 16.5 Å². The van der Waals surface area contributed by atoms with Gasteiger partial charge in [-0.2, -0.15) is 0 Å². The third-order valence-electron chi connectivity index (χ3n) is 2.15. The van der Waals surface area contributed by atoms with Crippen molar-refractivity contribution in [2.24, 2.45) is 0 Å². The van der Waals surface area contributed by atoms with Crippen LogP contribution in [-0.4, -0.2) is 5.78 Å². The number of Topliss-reactive ketones (excluding diaryl/α,β-unsaturated/α-hetero) is 1. The minimum Gasteiger partial charge on any atom is -0.461 e. The number of halogens is 2. The van der Waals surface area contributed by atoms with E-state index >= 15 is 0 Å². The number of ketones is 1. The van der Waals surface area contributed by atoms with Crippen LogP contribution in [-0.2, 0) is 6.42 Å². The molecule has 2 rings (SSSR count). The van der Waals surface area contributed by atoms with E-state index in [1.807, 2.05) is 0 Å². The zero-order valence-electron chi connectivity index (χ0n) is 8.24. The second kappa shape index (κ2) is 4.73. The fourth-order valence-electron chi connectivity index (χ4n) is 1.38. The van der Waals surface area contributed by atoms with E-state index in [1.165, 1.54) is 6.26 Å². The molecular weight excluding hydrogens is 247 g/mol. The molecule has 2 aromatic rings. The molecule has 1 aromatic heterocycles. The highest BCUT2D eigenvalue weighted by Gasteiger charge is 2.12. The molecule has 0 saturated heterocycles. The first kappa shape index (κ1) is 11.2. The van der Waals surface area contributed by atoms with Gasteiger partial charge in [0.25, 0.3) is 0 Å². The zero-order chi connectivity index (χ0) is 11.5. The van der Waals surface area contributed by atoms with Gasteiger partial charge in [-0.05, 0) is 35.9 Å². The second-order valence-corrected chi connectivity index (χ2v) is 4.16. The van der Waals surface area contributed by atoms with Crippen molar-refractivity contribution in [3.05, 3.63) is 58.0 Å². The summed E-state index contributed by atoms with van der Waals surface area (Å²) in [5.74, 6) is 0.213. The van der Waals surface area contributed by atoms with Crippen LogP contribution in [0.5, 0.6) is 0 Å². The van der Waals surface area contributed by atoms with E-state index in [0.29, 0.717) is 21.4 Å². The summed E-state index contributed by atoms with van der Waals surface area (Å²) in [6.45, 7) is 0. The van der Waals surface area contributed by atoms with Gasteiger partial charge in [-0.3, -0.25) is 4.79 Å². The van der Waals surface area contributed by atoms with E-state index in [-0.39, 0.29) is 12.2 Å². The molecule has 0 spiro atoms. The van der Waals surface area contributed by atoms with Crippen LogP contribution in [0.15, 0.2) is 41.0 Å². The predicted octanol–water partition coefficient (Wildman–Crippen LogP) is 4.01. The zero-order valence-corrected chi connectivity index (χ0v) is 9.76. The molecule has 1 aromatic carbocycles.